The van der Waals surface area contributed by atoms with E-state index in [0.29, 0.717) is 5.75 Å². The number of nitrogens with one attached hydrogen (secondary N) is 1. The van der Waals surface area contributed by atoms with Crippen LogP contribution in [0.5, 0.6) is 5.75 Å². The van der Waals surface area contributed by atoms with Crippen molar-refractivity contribution in [2.75, 3.05) is 6.54 Å². The van der Waals surface area contributed by atoms with Gasteiger partial charge in [-0.25, -0.2) is 4.39 Å². The van der Waals surface area contributed by atoms with Crippen molar-refractivity contribution in [1.29, 1.82) is 0 Å². The second-order valence-electron chi connectivity index (χ2n) is 4.92. The number of ether oxygens (including phenoxy) is 1. The molecule has 0 saturated carbocycles. The number of rotatable bonds is 8. The molecule has 0 amide bonds. The summed E-state index contributed by atoms with van der Waals surface area (Å²) < 4.78 is 19.7. The van der Waals surface area contributed by atoms with Gasteiger partial charge >= 0.3 is 0 Å². The Morgan fingerprint density at radius 1 is 1.21 bits per heavy atom. The van der Waals surface area contributed by atoms with Crippen LogP contribution in [0.15, 0.2) is 18.2 Å². The van der Waals surface area contributed by atoms with Crippen molar-refractivity contribution in [2.45, 2.75) is 59.1 Å². The summed E-state index contributed by atoms with van der Waals surface area (Å²) in [5.41, 5.74) is 0.961. The van der Waals surface area contributed by atoms with Gasteiger partial charge in [0.15, 0.2) is 11.6 Å². The summed E-state index contributed by atoms with van der Waals surface area (Å²) >= 11 is 0. The molecule has 0 aliphatic carbocycles. The number of hydrogen-bond acceptors (Lipinski definition) is 2. The smallest absolute Gasteiger partial charge is 0.165 e. The summed E-state index contributed by atoms with van der Waals surface area (Å²) in [7, 11) is 0. The van der Waals surface area contributed by atoms with Gasteiger partial charge in [-0.1, -0.05) is 26.8 Å². The molecule has 3 heteroatoms. The highest BCUT2D eigenvalue weighted by Crippen LogP contribution is 2.24. The zero-order valence-electron chi connectivity index (χ0n) is 12.5. The minimum Gasteiger partial charge on any atom is -0.487 e. The van der Waals surface area contributed by atoms with E-state index < -0.39 is 0 Å². The molecule has 0 aliphatic rings. The van der Waals surface area contributed by atoms with Crippen molar-refractivity contribution in [3.05, 3.63) is 29.6 Å². The molecule has 1 rings (SSSR count). The van der Waals surface area contributed by atoms with Crippen LogP contribution < -0.4 is 10.1 Å². The van der Waals surface area contributed by atoms with Crippen LogP contribution in [0.3, 0.4) is 0 Å². The van der Waals surface area contributed by atoms with Crippen LogP contribution in [0.1, 0.15) is 58.6 Å². The average Bonchev–Trinajstić information content (AvgIpc) is 2.43. The Bertz CT molecular complexity index is 377. The highest BCUT2D eigenvalue weighted by atomic mass is 19.1. The molecule has 0 fully saturated rings. The summed E-state index contributed by atoms with van der Waals surface area (Å²) in [6, 6.07) is 5.42. The zero-order chi connectivity index (χ0) is 14.3. The molecule has 108 valence electrons. The maximum atomic E-state index is 14.0. The predicted octanol–water partition coefficient (Wildman–Crippen LogP) is 4.45. The van der Waals surface area contributed by atoms with E-state index in [1.165, 1.54) is 0 Å². The van der Waals surface area contributed by atoms with Gasteiger partial charge in [-0.2, -0.15) is 0 Å². The Morgan fingerprint density at radius 3 is 2.42 bits per heavy atom. The van der Waals surface area contributed by atoms with Crippen LogP contribution in [0.2, 0.25) is 0 Å². The van der Waals surface area contributed by atoms with Crippen molar-refractivity contribution < 1.29 is 9.13 Å². The lowest BCUT2D eigenvalue weighted by Gasteiger charge is -2.18. The summed E-state index contributed by atoms with van der Waals surface area (Å²) in [4.78, 5) is 0. The molecule has 1 unspecified atom stereocenters. The lowest BCUT2D eigenvalue weighted by atomic mass is 10.1. The Kier molecular flexibility index (Phi) is 6.85. The fourth-order valence-corrected chi connectivity index (χ4v) is 2.00. The second kappa shape index (κ2) is 8.16. The van der Waals surface area contributed by atoms with Crippen LogP contribution in [0.25, 0.3) is 0 Å². The minimum absolute atomic E-state index is 0.0935. The predicted molar refractivity (Wildman–Crippen MR) is 78.1 cm³/mol. The Labute approximate surface area is 116 Å². The minimum atomic E-state index is -0.269. The molecule has 1 atom stereocenters. The van der Waals surface area contributed by atoms with Crippen molar-refractivity contribution in [1.82, 2.24) is 5.32 Å². The van der Waals surface area contributed by atoms with Crippen molar-refractivity contribution in [3.8, 4) is 5.75 Å². The third kappa shape index (κ3) is 4.83. The summed E-state index contributed by atoms with van der Waals surface area (Å²) in [6.07, 6.45) is 2.96. The van der Waals surface area contributed by atoms with Crippen LogP contribution in [-0.4, -0.2) is 12.6 Å². The molecular weight excluding hydrogens is 241 g/mol. The molecule has 0 heterocycles. The molecule has 0 saturated heterocycles. The van der Waals surface area contributed by atoms with Gasteiger partial charge in [-0.3, -0.25) is 0 Å². The molecule has 19 heavy (non-hydrogen) atoms. The van der Waals surface area contributed by atoms with Crippen molar-refractivity contribution in [3.63, 3.8) is 0 Å². The second-order valence-corrected chi connectivity index (χ2v) is 4.92. The van der Waals surface area contributed by atoms with Gasteiger partial charge in [0.05, 0.1) is 6.10 Å². The third-order valence-electron chi connectivity index (χ3n) is 3.36. The zero-order valence-corrected chi connectivity index (χ0v) is 12.5. The topological polar surface area (TPSA) is 21.3 Å². The first-order valence-electron chi connectivity index (χ1n) is 7.31. The highest BCUT2D eigenvalue weighted by molar-refractivity contribution is 5.31. The van der Waals surface area contributed by atoms with Gasteiger partial charge < -0.3 is 10.1 Å². The lowest BCUT2D eigenvalue weighted by molar-refractivity contribution is 0.184. The summed E-state index contributed by atoms with van der Waals surface area (Å²) in [5.74, 6) is 0.0923. The molecular formula is C16H26FNO. The Balaban J connectivity index is 2.73. The quantitative estimate of drug-likeness (QED) is 0.751. The maximum absolute atomic E-state index is 14.0. The van der Waals surface area contributed by atoms with E-state index in [2.05, 4.69) is 26.1 Å². The fourth-order valence-electron chi connectivity index (χ4n) is 2.00. The molecule has 0 spiro atoms. The molecule has 1 N–H and O–H groups in total. The van der Waals surface area contributed by atoms with Crippen molar-refractivity contribution in [2.24, 2.45) is 0 Å². The van der Waals surface area contributed by atoms with Crippen molar-refractivity contribution >= 4 is 0 Å². The van der Waals surface area contributed by atoms with Gasteiger partial charge in [0.2, 0.25) is 0 Å². The Morgan fingerprint density at radius 2 is 1.89 bits per heavy atom. The molecule has 1 aromatic rings. The number of halogens is 1. The van der Waals surface area contributed by atoms with Crippen LogP contribution in [0, 0.1) is 5.82 Å². The molecule has 1 aromatic carbocycles. The van der Waals surface area contributed by atoms with Gasteiger partial charge in [0, 0.05) is 6.04 Å². The van der Waals surface area contributed by atoms with Gasteiger partial charge in [0.25, 0.3) is 0 Å². The average molecular weight is 267 g/mol. The van der Waals surface area contributed by atoms with Crippen LogP contribution in [0.4, 0.5) is 4.39 Å². The van der Waals surface area contributed by atoms with E-state index in [0.717, 1.165) is 31.4 Å². The van der Waals surface area contributed by atoms with E-state index in [1.807, 2.05) is 13.0 Å². The van der Waals surface area contributed by atoms with E-state index in [4.69, 9.17) is 4.74 Å². The normalized spacial score (nSPS) is 12.7. The van der Waals surface area contributed by atoms with Crippen LogP contribution in [-0.2, 0) is 0 Å². The summed E-state index contributed by atoms with van der Waals surface area (Å²) in [5, 5.41) is 3.35. The van der Waals surface area contributed by atoms with E-state index in [-0.39, 0.29) is 18.0 Å². The first-order valence-corrected chi connectivity index (χ1v) is 7.31. The molecule has 0 radical (unpaired) electrons. The lowest BCUT2D eigenvalue weighted by Crippen LogP contribution is -2.19. The monoisotopic (exact) mass is 267 g/mol. The molecule has 0 aliphatic heterocycles. The fraction of sp³-hybridized carbons (Fsp3) is 0.625. The Hall–Kier alpha value is -1.09. The van der Waals surface area contributed by atoms with Gasteiger partial charge in [-0.05, 0) is 50.4 Å². The maximum Gasteiger partial charge on any atom is 0.165 e. The van der Waals surface area contributed by atoms with E-state index in [1.54, 1.807) is 12.1 Å². The molecule has 0 bridgehead atoms. The van der Waals surface area contributed by atoms with E-state index >= 15 is 0 Å². The number of benzene rings is 1. The van der Waals surface area contributed by atoms with Gasteiger partial charge in [-0.15, -0.1) is 0 Å². The third-order valence-corrected chi connectivity index (χ3v) is 3.36. The largest absolute Gasteiger partial charge is 0.487 e. The first-order chi connectivity index (χ1) is 9.12. The standard InChI is InChI=1S/C16H26FNO/c1-5-10-18-12(4)13-8-9-16(15(17)11-13)19-14(6-2)7-3/h8-9,11-12,14,18H,5-7,10H2,1-4H3. The summed E-state index contributed by atoms with van der Waals surface area (Å²) in [6.45, 7) is 9.21. The van der Waals surface area contributed by atoms with E-state index in [9.17, 15) is 4.39 Å². The molecule has 2 nitrogen and oxygen atoms in total. The van der Waals surface area contributed by atoms with Gasteiger partial charge in [0.1, 0.15) is 0 Å². The SMILES string of the molecule is CCCNC(C)c1ccc(OC(CC)CC)c(F)c1. The first kappa shape index (κ1) is 16.0. The highest BCUT2D eigenvalue weighted by Gasteiger charge is 2.12. The molecule has 0 aromatic heterocycles. The van der Waals surface area contributed by atoms with Crippen LogP contribution >= 0.6 is 0 Å². The number of hydrogen-bond donors (Lipinski definition) is 1.